The first-order valence-electron chi connectivity index (χ1n) is 8.48. The van der Waals surface area contributed by atoms with Crippen LogP contribution in [0, 0.1) is 6.92 Å². The number of ether oxygens (including phenoxy) is 2. The molecule has 0 saturated carbocycles. The van der Waals surface area contributed by atoms with E-state index in [0.29, 0.717) is 17.2 Å². The molecule has 2 N–H and O–H groups in total. The van der Waals surface area contributed by atoms with Gasteiger partial charge in [0.05, 0.1) is 27.3 Å². The summed E-state index contributed by atoms with van der Waals surface area (Å²) in [5.74, 6) is 0.703. The van der Waals surface area contributed by atoms with Crippen LogP contribution >= 0.6 is 0 Å². The summed E-state index contributed by atoms with van der Waals surface area (Å²) in [4.78, 5) is 25.9. The van der Waals surface area contributed by atoms with Crippen LogP contribution in [0.15, 0.2) is 42.5 Å². The summed E-state index contributed by atoms with van der Waals surface area (Å²) in [5, 5.41) is 5.59. The Morgan fingerprint density at radius 2 is 1.37 bits per heavy atom. The van der Waals surface area contributed by atoms with E-state index in [-0.39, 0.29) is 24.9 Å². The van der Waals surface area contributed by atoms with Gasteiger partial charge >= 0.3 is 0 Å². The predicted octanol–water partition coefficient (Wildman–Crippen LogP) is 2.52. The first-order valence-corrected chi connectivity index (χ1v) is 8.48. The maximum absolute atomic E-state index is 12.2. The molecule has 2 amide bonds. The molecule has 0 fully saturated rings. The van der Waals surface area contributed by atoms with Crippen molar-refractivity contribution in [1.82, 2.24) is 4.90 Å². The van der Waals surface area contributed by atoms with Crippen molar-refractivity contribution in [3.05, 3.63) is 48.0 Å². The topological polar surface area (TPSA) is 79.9 Å². The van der Waals surface area contributed by atoms with Gasteiger partial charge in [-0.25, -0.2) is 0 Å². The summed E-state index contributed by atoms with van der Waals surface area (Å²) >= 11 is 0. The fraction of sp³-hybridized carbons (Fsp3) is 0.300. The van der Waals surface area contributed by atoms with Gasteiger partial charge in [0.2, 0.25) is 11.8 Å². The number of amides is 2. The molecule has 0 heterocycles. The Labute approximate surface area is 159 Å². The molecular weight excluding hydrogens is 346 g/mol. The molecule has 7 nitrogen and oxygen atoms in total. The van der Waals surface area contributed by atoms with Crippen molar-refractivity contribution in [3.8, 4) is 11.5 Å². The molecule has 2 aromatic carbocycles. The standard InChI is InChI=1S/C20H25N3O4/c1-14-5-7-15(8-6-14)21-19(24)12-23(2)13-20(25)22-16-9-10-17(26-3)18(11-16)27-4/h5-11H,12-13H2,1-4H3,(H,21,24)(H,22,25). The smallest absolute Gasteiger partial charge is 0.238 e. The van der Waals surface area contributed by atoms with Crippen molar-refractivity contribution in [3.63, 3.8) is 0 Å². The number of anilines is 2. The summed E-state index contributed by atoms with van der Waals surface area (Å²) in [6, 6.07) is 12.7. The van der Waals surface area contributed by atoms with Gasteiger partial charge in [-0.2, -0.15) is 0 Å². The largest absolute Gasteiger partial charge is 0.493 e. The van der Waals surface area contributed by atoms with Gasteiger partial charge in [0, 0.05) is 17.4 Å². The second-order valence-electron chi connectivity index (χ2n) is 6.20. The number of aryl methyl sites for hydroxylation is 1. The Kier molecular flexibility index (Phi) is 7.19. The first kappa shape index (κ1) is 20.3. The van der Waals surface area contributed by atoms with Crippen LogP contribution in [0.4, 0.5) is 11.4 Å². The average Bonchev–Trinajstić information content (AvgIpc) is 2.63. The number of likely N-dealkylation sites (N-methyl/N-ethyl adjacent to an activating group) is 1. The summed E-state index contributed by atoms with van der Waals surface area (Å²) in [6.07, 6.45) is 0. The monoisotopic (exact) mass is 371 g/mol. The molecule has 0 aromatic heterocycles. The molecule has 0 unspecified atom stereocenters. The van der Waals surface area contributed by atoms with Crippen LogP contribution in [0.3, 0.4) is 0 Å². The van der Waals surface area contributed by atoms with Crippen LogP contribution in [-0.2, 0) is 9.59 Å². The molecule has 0 saturated heterocycles. The van der Waals surface area contributed by atoms with Gasteiger partial charge in [-0.3, -0.25) is 14.5 Å². The maximum atomic E-state index is 12.2. The average molecular weight is 371 g/mol. The fourth-order valence-electron chi connectivity index (χ4n) is 2.50. The first-order chi connectivity index (χ1) is 12.9. The number of methoxy groups -OCH3 is 2. The van der Waals surface area contributed by atoms with E-state index in [4.69, 9.17) is 9.47 Å². The van der Waals surface area contributed by atoms with Gasteiger partial charge in [-0.05, 0) is 38.2 Å². The Bertz CT molecular complexity index is 790. The van der Waals surface area contributed by atoms with E-state index >= 15 is 0 Å². The van der Waals surface area contributed by atoms with Crippen LogP contribution in [0.25, 0.3) is 0 Å². The van der Waals surface area contributed by atoms with Crippen LogP contribution in [0.1, 0.15) is 5.56 Å². The molecule has 0 aliphatic heterocycles. The number of rotatable bonds is 8. The fourth-order valence-corrected chi connectivity index (χ4v) is 2.50. The van der Waals surface area contributed by atoms with Gasteiger partial charge in [-0.15, -0.1) is 0 Å². The third kappa shape index (κ3) is 6.31. The van der Waals surface area contributed by atoms with E-state index in [1.54, 1.807) is 37.3 Å². The highest BCUT2D eigenvalue weighted by Crippen LogP contribution is 2.29. The number of nitrogens with one attached hydrogen (secondary N) is 2. The molecule has 0 radical (unpaired) electrons. The Balaban J connectivity index is 1.84. The zero-order valence-electron chi connectivity index (χ0n) is 16.0. The van der Waals surface area contributed by atoms with Crippen molar-refractivity contribution in [2.45, 2.75) is 6.92 Å². The molecule has 2 aromatic rings. The molecule has 27 heavy (non-hydrogen) atoms. The number of nitrogens with zero attached hydrogens (tertiary/aromatic N) is 1. The predicted molar refractivity (Wildman–Crippen MR) is 105 cm³/mol. The lowest BCUT2D eigenvalue weighted by molar-refractivity contribution is -0.119. The maximum Gasteiger partial charge on any atom is 0.238 e. The normalized spacial score (nSPS) is 10.4. The van der Waals surface area contributed by atoms with Crippen molar-refractivity contribution in [2.75, 3.05) is 45.0 Å². The van der Waals surface area contributed by atoms with Gasteiger partial charge in [0.1, 0.15) is 0 Å². The van der Waals surface area contributed by atoms with E-state index in [0.717, 1.165) is 11.3 Å². The minimum atomic E-state index is -0.229. The zero-order chi connectivity index (χ0) is 19.8. The molecule has 0 aliphatic rings. The van der Waals surface area contributed by atoms with Crippen molar-refractivity contribution >= 4 is 23.2 Å². The molecule has 2 rings (SSSR count). The second-order valence-corrected chi connectivity index (χ2v) is 6.20. The Morgan fingerprint density at radius 3 is 1.93 bits per heavy atom. The van der Waals surface area contributed by atoms with Gasteiger partial charge in [-0.1, -0.05) is 17.7 Å². The van der Waals surface area contributed by atoms with E-state index < -0.39 is 0 Å². The van der Waals surface area contributed by atoms with Gasteiger partial charge in [0.15, 0.2) is 11.5 Å². The van der Waals surface area contributed by atoms with E-state index in [9.17, 15) is 9.59 Å². The lowest BCUT2D eigenvalue weighted by atomic mass is 10.2. The molecule has 0 aliphatic carbocycles. The van der Waals surface area contributed by atoms with Crippen LogP contribution in [-0.4, -0.2) is 51.1 Å². The second kappa shape index (κ2) is 9.59. The van der Waals surface area contributed by atoms with E-state index in [2.05, 4.69) is 10.6 Å². The number of benzene rings is 2. The van der Waals surface area contributed by atoms with E-state index in [1.165, 1.54) is 7.11 Å². The Morgan fingerprint density at radius 1 is 0.852 bits per heavy atom. The lowest BCUT2D eigenvalue weighted by Gasteiger charge is -2.16. The number of hydrogen-bond acceptors (Lipinski definition) is 5. The summed E-state index contributed by atoms with van der Waals surface area (Å²) in [7, 11) is 4.79. The number of hydrogen-bond donors (Lipinski definition) is 2. The third-order valence-electron chi connectivity index (χ3n) is 3.83. The summed E-state index contributed by atoms with van der Waals surface area (Å²) < 4.78 is 10.4. The highest BCUT2D eigenvalue weighted by molar-refractivity contribution is 5.94. The highest BCUT2D eigenvalue weighted by atomic mass is 16.5. The molecule has 0 spiro atoms. The highest BCUT2D eigenvalue weighted by Gasteiger charge is 2.12. The molecule has 0 atom stereocenters. The summed E-state index contributed by atoms with van der Waals surface area (Å²) in [6.45, 7) is 2.17. The summed E-state index contributed by atoms with van der Waals surface area (Å²) in [5.41, 5.74) is 2.45. The molecular formula is C20H25N3O4. The number of carbonyl (C=O) groups excluding carboxylic acids is 2. The quantitative estimate of drug-likeness (QED) is 0.745. The van der Waals surface area contributed by atoms with Gasteiger partial charge in [0.25, 0.3) is 0 Å². The molecule has 0 bridgehead atoms. The van der Waals surface area contributed by atoms with Crippen LogP contribution in [0.5, 0.6) is 11.5 Å². The minimum absolute atomic E-state index is 0.0790. The van der Waals surface area contributed by atoms with E-state index in [1.807, 2.05) is 31.2 Å². The SMILES string of the molecule is COc1ccc(NC(=O)CN(C)CC(=O)Nc2ccc(C)cc2)cc1OC. The minimum Gasteiger partial charge on any atom is -0.493 e. The van der Waals surface area contributed by atoms with Crippen LogP contribution < -0.4 is 20.1 Å². The molecule has 144 valence electrons. The third-order valence-corrected chi connectivity index (χ3v) is 3.83. The lowest BCUT2D eigenvalue weighted by Crippen LogP contribution is -2.36. The van der Waals surface area contributed by atoms with Gasteiger partial charge < -0.3 is 20.1 Å². The Hall–Kier alpha value is -3.06. The van der Waals surface area contributed by atoms with Crippen LogP contribution in [0.2, 0.25) is 0 Å². The van der Waals surface area contributed by atoms with Crippen molar-refractivity contribution in [1.29, 1.82) is 0 Å². The molecule has 7 heteroatoms. The van der Waals surface area contributed by atoms with Crippen molar-refractivity contribution < 1.29 is 19.1 Å². The number of carbonyl (C=O) groups is 2. The van der Waals surface area contributed by atoms with Crippen molar-refractivity contribution in [2.24, 2.45) is 0 Å². The zero-order valence-corrected chi connectivity index (χ0v) is 16.0.